The lowest BCUT2D eigenvalue weighted by atomic mass is 9.93. The van der Waals surface area contributed by atoms with Gasteiger partial charge in [-0.15, -0.1) is 0 Å². The summed E-state index contributed by atoms with van der Waals surface area (Å²) in [5.74, 6) is 0.0127. The molecule has 0 radical (unpaired) electrons. The van der Waals surface area contributed by atoms with Gasteiger partial charge in [0.1, 0.15) is 0 Å². The van der Waals surface area contributed by atoms with Crippen LogP contribution in [0.3, 0.4) is 0 Å². The van der Waals surface area contributed by atoms with Crippen molar-refractivity contribution in [3.63, 3.8) is 0 Å². The van der Waals surface area contributed by atoms with Crippen molar-refractivity contribution in [1.82, 2.24) is 4.98 Å². The van der Waals surface area contributed by atoms with E-state index in [1.165, 1.54) is 0 Å². The van der Waals surface area contributed by atoms with Crippen LogP contribution < -0.4 is 5.73 Å². The fraction of sp³-hybridized carbons (Fsp3) is 0.500. The lowest BCUT2D eigenvalue weighted by molar-refractivity contribution is 0.141. The van der Waals surface area contributed by atoms with Crippen molar-refractivity contribution in [2.24, 2.45) is 5.73 Å². The minimum absolute atomic E-state index is 0.0127. The Hall–Kier alpha value is -0.930. The molecule has 72 valence electrons. The Morgan fingerprint density at radius 3 is 2.85 bits per heavy atom. The highest BCUT2D eigenvalue weighted by Crippen LogP contribution is 2.19. The molecule has 0 aliphatic carbocycles. The van der Waals surface area contributed by atoms with Crippen molar-refractivity contribution in [1.29, 1.82) is 0 Å². The molecular formula is C10H16N2O. The third-order valence-corrected chi connectivity index (χ3v) is 2.25. The van der Waals surface area contributed by atoms with Crippen LogP contribution in [-0.2, 0) is 0 Å². The summed E-state index contributed by atoms with van der Waals surface area (Å²) in [4.78, 5) is 4.00. The summed E-state index contributed by atoms with van der Waals surface area (Å²) in [6.07, 6.45) is 3.83. The number of hydrogen-bond donors (Lipinski definition) is 2. The van der Waals surface area contributed by atoms with E-state index in [4.69, 9.17) is 5.73 Å². The van der Waals surface area contributed by atoms with Gasteiger partial charge in [-0.1, -0.05) is 13.0 Å². The summed E-state index contributed by atoms with van der Waals surface area (Å²) >= 11 is 0. The van der Waals surface area contributed by atoms with E-state index in [9.17, 15) is 5.11 Å². The molecule has 0 aliphatic heterocycles. The van der Waals surface area contributed by atoms with Crippen LogP contribution in [0.5, 0.6) is 0 Å². The van der Waals surface area contributed by atoms with E-state index in [-0.39, 0.29) is 12.0 Å². The van der Waals surface area contributed by atoms with Gasteiger partial charge in [-0.2, -0.15) is 0 Å². The van der Waals surface area contributed by atoms with Crippen molar-refractivity contribution < 1.29 is 5.11 Å². The highest BCUT2D eigenvalue weighted by atomic mass is 16.3. The van der Waals surface area contributed by atoms with Crippen LogP contribution in [0.2, 0.25) is 0 Å². The number of nitrogens with two attached hydrogens (primary N) is 1. The molecule has 1 heterocycles. The molecule has 13 heavy (non-hydrogen) atoms. The van der Waals surface area contributed by atoms with E-state index in [0.29, 0.717) is 6.54 Å². The number of aromatic nitrogens is 1. The van der Waals surface area contributed by atoms with Crippen molar-refractivity contribution >= 4 is 0 Å². The zero-order valence-electron chi connectivity index (χ0n) is 7.85. The largest absolute Gasteiger partial charge is 0.392 e. The van der Waals surface area contributed by atoms with E-state index in [0.717, 1.165) is 12.0 Å². The quantitative estimate of drug-likeness (QED) is 0.723. The van der Waals surface area contributed by atoms with Gasteiger partial charge >= 0.3 is 0 Å². The zero-order chi connectivity index (χ0) is 9.68. The molecular weight excluding hydrogens is 164 g/mol. The van der Waals surface area contributed by atoms with Gasteiger partial charge in [0, 0.05) is 24.9 Å². The van der Waals surface area contributed by atoms with Gasteiger partial charge in [0.05, 0.1) is 6.10 Å². The molecule has 0 aromatic carbocycles. The molecule has 1 aromatic rings. The molecule has 0 saturated carbocycles. The van der Waals surface area contributed by atoms with Gasteiger partial charge in [-0.25, -0.2) is 0 Å². The predicted molar refractivity (Wildman–Crippen MR) is 52.3 cm³/mol. The van der Waals surface area contributed by atoms with Crippen molar-refractivity contribution in [2.75, 3.05) is 6.54 Å². The maximum absolute atomic E-state index is 9.66. The third-order valence-electron chi connectivity index (χ3n) is 2.25. The van der Waals surface area contributed by atoms with Gasteiger partial charge in [-0.05, 0) is 18.1 Å². The summed E-state index contributed by atoms with van der Waals surface area (Å²) in [5, 5.41) is 9.66. The minimum atomic E-state index is -0.366. The van der Waals surface area contributed by atoms with Crippen LogP contribution in [0.15, 0.2) is 24.5 Å². The smallest absolute Gasteiger partial charge is 0.0618 e. The summed E-state index contributed by atoms with van der Waals surface area (Å²) < 4.78 is 0. The standard InChI is InChI=1S/C10H16N2O/c1-2-10(13)9(6-11)8-4-3-5-12-7-8/h3-5,7,9-10,13H,2,6,11H2,1H3. The van der Waals surface area contributed by atoms with Crippen molar-refractivity contribution in [2.45, 2.75) is 25.4 Å². The molecule has 1 aromatic heterocycles. The number of aliphatic hydroxyl groups excluding tert-OH is 1. The van der Waals surface area contributed by atoms with Crippen LogP contribution in [-0.4, -0.2) is 22.7 Å². The summed E-state index contributed by atoms with van der Waals surface area (Å²) in [6, 6.07) is 3.81. The normalized spacial score (nSPS) is 15.3. The fourth-order valence-electron chi connectivity index (χ4n) is 1.40. The molecule has 0 saturated heterocycles. The second-order valence-electron chi connectivity index (χ2n) is 3.10. The number of rotatable bonds is 4. The molecule has 3 nitrogen and oxygen atoms in total. The lowest BCUT2D eigenvalue weighted by Gasteiger charge is -2.19. The predicted octanol–water partition coefficient (Wildman–Crippen LogP) is 0.895. The second-order valence-corrected chi connectivity index (χ2v) is 3.10. The Morgan fingerprint density at radius 1 is 1.62 bits per heavy atom. The Bertz CT molecular complexity index is 238. The van der Waals surface area contributed by atoms with Gasteiger partial charge < -0.3 is 10.8 Å². The molecule has 2 atom stereocenters. The first-order valence-corrected chi connectivity index (χ1v) is 4.57. The summed E-state index contributed by atoms with van der Waals surface area (Å²) in [5.41, 5.74) is 6.61. The number of aliphatic hydroxyl groups is 1. The molecule has 0 fully saturated rings. The van der Waals surface area contributed by atoms with E-state index >= 15 is 0 Å². The molecule has 0 aliphatic rings. The lowest BCUT2D eigenvalue weighted by Crippen LogP contribution is -2.25. The first-order valence-electron chi connectivity index (χ1n) is 4.57. The molecule has 3 heteroatoms. The van der Waals surface area contributed by atoms with Crippen molar-refractivity contribution in [3.05, 3.63) is 30.1 Å². The molecule has 0 amide bonds. The number of nitrogens with zero attached hydrogens (tertiary/aromatic N) is 1. The topological polar surface area (TPSA) is 59.1 Å². The van der Waals surface area contributed by atoms with Crippen LogP contribution in [0.1, 0.15) is 24.8 Å². The first-order chi connectivity index (χ1) is 6.29. The highest BCUT2D eigenvalue weighted by molar-refractivity contribution is 5.16. The Labute approximate surface area is 78.6 Å². The van der Waals surface area contributed by atoms with Crippen LogP contribution in [0.4, 0.5) is 0 Å². The van der Waals surface area contributed by atoms with Crippen molar-refractivity contribution in [3.8, 4) is 0 Å². The molecule has 1 rings (SSSR count). The summed E-state index contributed by atoms with van der Waals surface area (Å²) in [7, 11) is 0. The second kappa shape index (κ2) is 4.94. The average molecular weight is 180 g/mol. The van der Waals surface area contributed by atoms with Gasteiger partial charge in [-0.3, -0.25) is 4.98 Å². The summed E-state index contributed by atoms with van der Waals surface area (Å²) in [6.45, 7) is 2.41. The first kappa shape index (κ1) is 10.2. The van der Waals surface area contributed by atoms with Gasteiger partial charge in [0.2, 0.25) is 0 Å². The Kier molecular flexibility index (Phi) is 3.86. The number of pyridine rings is 1. The zero-order valence-corrected chi connectivity index (χ0v) is 7.85. The maximum Gasteiger partial charge on any atom is 0.0618 e. The highest BCUT2D eigenvalue weighted by Gasteiger charge is 2.17. The average Bonchev–Trinajstić information content (AvgIpc) is 2.20. The van der Waals surface area contributed by atoms with Crippen LogP contribution >= 0.6 is 0 Å². The van der Waals surface area contributed by atoms with E-state index in [1.54, 1.807) is 12.4 Å². The molecule has 0 bridgehead atoms. The van der Waals surface area contributed by atoms with Crippen LogP contribution in [0, 0.1) is 0 Å². The Morgan fingerprint density at radius 2 is 2.38 bits per heavy atom. The molecule has 2 unspecified atom stereocenters. The van der Waals surface area contributed by atoms with E-state index in [1.807, 2.05) is 19.1 Å². The Balaban J connectivity index is 2.78. The van der Waals surface area contributed by atoms with Crippen LogP contribution in [0.25, 0.3) is 0 Å². The number of hydrogen-bond acceptors (Lipinski definition) is 3. The monoisotopic (exact) mass is 180 g/mol. The van der Waals surface area contributed by atoms with E-state index < -0.39 is 0 Å². The van der Waals surface area contributed by atoms with Gasteiger partial charge in [0.15, 0.2) is 0 Å². The van der Waals surface area contributed by atoms with Gasteiger partial charge in [0.25, 0.3) is 0 Å². The maximum atomic E-state index is 9.66. The van der Waals surface area contributed by atoms with E-state index in [2.05, 4.69) is 4.98 Å². The SMILES string of the molecule is CCC(O)C(CN)c1cccnc1. The fourth-order valence-corrected chi connectivity index (χ4v) is 1.40. The third kappa shape index (κ3) is 2.50. The molecule has 3 N–H and O–H groups in total. The molecule has 0 spiro atoms. The minimum Gasteiger partial charge on any atom is -0.392 e.